The maximum absolute atomic E-state index is 12.4. The molecule has 0 aliphatic heterocycles. The molecule has 0 spiro atoms. The fourth-order valence-corrected chi connectivity index (χ4v) is 0.802. The van der Waals surface area contributed by atoms with Gasteiger partial charge in [-0.3, -0.25) is 0 Å². The molecule has 0 fully saturated rings. The van der Waals surface area contributed by atoms with Crippen molar-refractivity contribution in [2.24, 2.45) is 0 Å². The number of hydrogen-bond acceptors (Lipinski definition) is 1. The summed E-state index contributed by atoms with van der Waals surface area (Å²) in [6, 6.07) is 6.21. The van der Waals surface area contributed by atoms with E-state index >= 15 is 0 Å². The Kier molecular flexibility index (Phi) is 3.16. The Morgan fingerprint density at radius 1 is 1.33 bits per heavy atom. The van der Waals surface area contributed by atoms with E-state index in [1.165, 1.54) is 12.1 Å². The lowest BCUT2D eigenvalue weighted by atomic mass is 10.3. The van der Waals surface area contributed by atoms with E-state index in [-0.39, 0.29) is 5.82 Å². The number of nitrogens with one attached hydrogen (secondary N) is 1. The maximum Gasteiger partial charge on any atom is 0.123 e. The van der Waals surface area contributed by atoms with E-state index < -0.39 is 0 Å². The van der Waals surface area contributed by atoms with E-state index in [0.717, 1.165) is 5.69 Å². The molecule has 1 aromatic rings. The van der Waals surface area contributed by atoms with Gasteiger partial charge in [0.15, 0.2) is 0 Å². The molecule has 0 heterocycles. The molecule has 2 heteroatoms. The number of rotatable bonds is 2. The average Bonchev–Trinajstić information content (AvgIpc) is 2.09. The molecule has 1 aromatic carbocycles. The lowest BCUT2D eigenvalue weighted by molar-refractivity contribution is 0.628. The van der Waals surface area contributed by atoms with Crippen LogP contribution in [0.3, 0.4) is 0 Å². The van der Waals surface area contributed by atoms with Gasteiger partial charge in [-0.2, -0.15) is 0 Å². The lowest BCUT2D eigenvalue weighted by Crippen LogP contribution is -1.97. The number of anilines is 1. The molecule has 0 radical (unpaired) electrons. The lowest BCUT2D eigenvalue weighted by Gasteiger charge is -2.00. The predicted molar refractivity (Wildman–Crippen MR) is 48.3 cm³/mol. The van der Waals surface area contributed by atoms with Gasteiger partial charge in [-0.15, -0.1) is 5.92 Å². The monoisotopic (exact) mass is 163 g/mol. The Bertz CT molecular complexity index is 292. The topological polar surface area (TPSA) is 12.0 Å². The summed E-state index contributed by atoms with van der Waals surface area (Å²) >= 11 is 0. The molecule has 0 bridgehead atoms. The first kappa shape index (κ1) is 8.61. The van der Waals surface area contributed by atoms with Crippen LogP contribution in [0.15, 0.2) is 24.3 Å². The summed E-state index contributed by atoms with van der Waals surface area (Å²) in [6.07, 6.45) is 0. The smallest absolute Gasteiger partial charge is 0.123 e. The van der Waals surface area contributed by atoms with Crippen LogP contribution >= 0.6 is 0 Å². The second-order valence-corrected chi connectivity index (χ2v) is 2.29. The Morgan fingerprint density at radius 3 is 2.58 bits per heavy atom. The van der Waals surface area contributed by atoms with E-state index in [1.807, 2.05) is 0 Å². The van der Waals surface area contributed by atoms with Gasteiger partial charge in [0.2, 0.25) is 0 Å². The van der Waals surface area contributed by atoms with Gasteiger partial charge < -0.3 is 5.32 Å². The Balaban J connectivity index is 2.51. The number of hydrogen-bond donors (Lipinski definition) is 1. The molecule has 0 aliphatic carbocycles. The summed E-state index contributed by atoms with van der Waals surface area (Å²) in [5.41, 5.74) is 0.888. The Hall–Kier alpha value is -1.49. The van der Waals surface area contributed by atoms with E-state index in [2.05, 4.69) is 17.2 Å². The standard InChI is InChI=1S/C10H10FN/c1-2-3-8-12-10-6-4-9(11)5-7-10/h4-7,12H,8H2,1H3. The van der Waals surface area contributed by atoms with Crippen molar-refractivity contribution < 1.29 is 4.39 Å². The summed E-state index contributed by atoms with van der Waals surface area (Å²) in [5.74, 6) is 5.40. The normalized spacial score (nSPS) is 8.50. The minimum absolute atomic E-state index is 0.220. The van der Waals surface area contributed by atoms with Crippen molar-refractivity contribution >= 4 is 5.69 Å². The molecule has 1 N–H and O–H groups in total. The second kappa shape index (κ2) is 4.40. The molecule has 0 saturated heterocycles. The fraction of sp³-hybridized carbons (Fsp3) is 0.200. The van der Waals surface area contributed by atoms with Gasteiger partial charge in [0.25, 0.3) is 0 Å². The van der Waals surface area contributed by atoms with Crippen LogP contribution in [0, 0.1) is 17.7 Å². The largest absolute Gasteiger partial charge is 0.374 e. The van der Waals surface area contributed by atoms with E-state index in [0.29, 0.717) is 6.54 Å². The van der Waals surface area contributed by atoms with Gasteiger partial charge in [0.05, 0.1) is 6.54 Å². The van der Waals surface area contributed by atoms with Gasteiger partial charge in [0, 0.05) is 5.69 Å². The summed E-state index contributed by atoms with van der Waals surface area (Å²) in [6.45, 7) is 2.38. The molecule has 0 aliphatic rings. The third kappa shape index (κ3) is 2.63. The van der Waals surface area contributed by atoms with Crippen molar-refractivity contribution in [3.63, 3.8) is 0 Å². The first-order chi connectivity index (χ1) is 5.83. The van der Waals surface area contributed by atoms with E-state index in [4.69, 9.17) is 0 Å². The SMILES string of the molecule is CC#CCNc1ccc(F)cc1. The van der Waals surface area contributed by atoms with Crippen LogP contribution in [0.4, 0.5) is 10.1 Å². The molecule has 62 valence electrons. The molecule has 12 heavy (non-hydrogen) atoms. The van der Waals surface area contributed by atoms with Crippen LogP contribution in [0.2, 0.25) is 0 Å². The van der Waals surface area contributed by atoms with E-state index in [9.17, 15) is 4.39 Å². The van der Waals surface area contributed by atoms with Gasteiger partial charge in [0.1, 0.15) is 5.82 Å². The molecule has 0 unspecified atom stereocenters. The van der Waals surface area contributed by atoms with Crippen LogP contribution in [0.25, 0.3) is 0 Å². The molecular formula is C10H10FN. The minimum Gasteiger partial charge on any atom is -0.374 e. The molecule has 0 aromatic heterocycles. The number of halogens is 1. The van der Waals surface area contributed by atoms with Gasteiger partial charge in [-0.1, -0.05) is 5.92 Å². The summed E-state index contributed by atoms with van der Waals surface area (Å²) < 4.78 is 12.4. The highest BCUT2D eigenvalue weighted by Gasteiger charge is 1.89. The highest BCUT2D eigenvalue weighted by Crippen LogP contribution is 2.06. The molecule has 0 amide bonds. The van der Waals surface area contributed by atoms with Crippen molar-refractivity contribution in [1.82, 2.24) is 0 Å². The number of benzene rings is 1. The average molecular weight is 163 g/mol. The molecule has 1 rings (SSSR count). The van der Waals surface area contributed by atoms with Crippen LogP contribution < -0.4 is 5.32 Å². The van der Waals surface area contributed by atoms with Crippen LogP contribution in [0.5, 0.6) is 0 Å². The highest BCUT2D eigenvalue weighted by atomic mass is 19.1. The third-order valence-corrected chi connectivity index (χ3v) is 1.40. The fourth-order valence-electron chi connectivity index (χ4n) is 0.802. The first-order valence-electron chi connectivity index (χ1n) is 3.72. The molecule has 1 nitrogen and oxygen atoms in total. The zero-order chi connectivity index (χ0) is 8.81. The molecular weight excluding hydrogens is 153 g/mol. The minimum atomic E-state index is -0.220. The quantitative estimate of drug-likeness (QED) is 0.659. The van der Waals surface area contributed by atoms with Crippen LogP contribution in [-0.4, -0.2) is 6.54 Å². The summed E-state index contributed by atoms with van der Waals surface area (Å²) in [7, 11) is 0. The zero-order valence-corrected chi connectivity index (χ0v) is 6.89. The Morgan fingerprint density at radius 2 is 2.00 bits per heavy atom. The van der Waals surface area contributed by atoms with Crippen molar-refractivity contribution in [3.8, 4) is 11.8 Å². The predicted octanol–water partition coefficient (Wildman–Crippen LogP) is 2.26. The van der Waals surface area contributed by atoms with Crippen LogP contribution in [0.1, 0.15) is 6.92 Å². The summed E-state index contributed by atoms with van der Waals surface area (Å²) in [4.78, 5) is 0. The highest BCUT2D eigenvalue weighted by molar-refractivity contribution is 5.43. The second-order valence-electron chi connectivity index (χ2n) is 2.29. The van der Waals surface area contributed by atoms with Crippen molar-refractivity contribution in [1.29, 1.82) is 0 Å². The van der Waals surface area contributed by atoms with Crippen LogP contribution in [-0.2, 0) is 0 Å². The van der Waals surface area contributed by atoms with Gasteiger partial charge in [-0.25, -0.2) is 4.39 Å². The zero-order valence-electron chi connectivity index (χ0n) is 6.89. The maximum atomic E-state index is 12.4. The molecule has 0 atom stereocenters. The van der Waals surface area contributed by atoms with E-state index in [1.54, 1.807) is 19.1 Å². The van der Waals surface area contributed by atoms with Crippen molar-refractivity contribution in [2.45, 2.75) is 6.92 Å². The van der Waals surface area contributed by atoms with Crippen molar-refractivity contribution in [2.75, 3.05) is 11.9 Å². The molecule has 0 saturated carbocycles. The Labute approximate surface area is 71.6 Å². The van der Waals surface area contributed by atoms with Gasteiger partial charge >= 0.3 is 0 Å². The summed E-state index contributed by atoms with van der Waals surface area (Å²) in [5, 5.41) is 3.03. The third-order valence-electron chi connectivity index (χ3n) is 1.40. The first-order valence-corrected chi connectivity index (χ1v) is 3.72. The van der Waals surface area contributed by atoms with Crippen molar-refractivity contribution in [3.05, 3.63) is 30.1 Å². The van der Waals surface area contributed by atoms with Gasteiger partial charge in [-0.05, 0) is 31.2 Å².